The standard InChI is InChI=1S/C13H14F4N2O3/c1-12(2,10(20)22-3)19-11(21)18-7-4-5-9(14)8(6-7)13(15,16)17/h4-6H,1-3H3,(H2,18,19,21). The molecule has 122 valence electrons. The van der Waals surface area contributed by atoms with E-state index in [2.05, 4.69) is 15.4 Å². The van der Waals surface area contributed by atoms with E-state index in [9.17, 15) is 27.2 Å². The molecular formula is C13H14F4N2O3. The molecule has 0 saturated carbocycles. The SMILES string of the molecule is COC(=O)C(C)(C)NC(=O)Nc1ccc(F)c(C(F)(F)F)c1. The Kier molecular flexibility index (Phi) is 5.00. The van der Waals surface area contributed by atoms with Crippen molar-refractivity contribution >= 4 is 17.7 Å². The largest absolute Gasteiger partial charge is 0.467 e. The monoisotopic (exact) mass is 322 g/mol. The predicted octanol–water partition coefficient (Wildman–Crippen LogP) is 2.92. The second kappa shape index (κ2) is 6.20. The number of urea groups is 1. The summed E-state index contributed by atoms with van der Waals surface area (Å²) in [6, 6.07) is 1.08. The first-order valence-corrected chi connectivity index (χ1v) is 6.01. The number of ether oxygens (including phenoxy) is 1. The highest BCUT2D eigenvalue weighted by Crippen LogP contribution is 2.32. The zero-order valence-corrected chi connectivity index (χ0v) is 12.0. The Morgan fingerprint density at radius 3 is 2.27 bits per heavy atom. The van der Waals surface area contributed by atoms with Crippen molar-refractivity contribution in [2.24, 2.45) is 0 Å². The van der Waals surface area contributed by atoms with Crippen LogP contribution in [0, 0.1) is 5.82 Å². The number of hydrogen-bond acceptors (Lipinski definition) is 3. The molecule has 0 radical (unpaired) electrons. The molecule has 2 amide bonds. The number of esters is 1. The summed E-state index contributed by atoms with van der Waals surface area (Å²) in [4.78, 5) is 23.1. The molecule has 0 aliphatic carbocycles. The third kappa shape index (κ3) is 4.34. The lowest BCUT2D eigenvalue weighted by molar-refractivity contribution is -0.146. The van der Waals surface area contributed by atoms with Crippen LogP contribution in [-0.2, 0) is 15.7 Å². The number of alkyl halides is 3. The molecule has 1 aromatic carbocycles. The van der Waals surface area contributed by atoms with Crippen LogP contribution in [0.4, 0.5) is 28.0 Å². The van der Waals surface area contributed by atoms with Crippen LogP contribution in [0.1, 0.15) is 19.4 Å². The van der Waals surface area contributed by atoms with Gasteiger partial charge in [-0.3, -0.25) is 0 Å². The number of nitrogens with one attached hydrogen (secondary N) is 2. The maximum Gasteiger partial charge on any atom is 0.419 e. The molecule has 0 spiro atoms. The quantitative estimate of drug-likeness (QED) is 0.664. The number of carbonyl (C=O) groups is 2. The van der Waals surface area contributed by atoms with Crippen molar-refractivity contribution in [3.8, 4) is 0 Å². The molecule has 1 rings (SSSR count). The second-order valence-corrected chi connectivity index (χ2v) is 4.89. The van der Waals surface area contributed by atoms with Crippen LogP contribution in [0.3, 0.4) is 0 Å². The first-order chi connectivity index (χ1) is 9.97. The molecule has 0 heterocycles. The number of hydrogen-bond donors (Lipinski definition) is 2. The first kappa shape index (κ1) is 17.7. The third-order valence-corrected chi connectivity index (χ3v) is 2.65. The molecule has 22 heavy (non-hydrogen) atoms. The summed E-state index contributed by atoms with van der Waals surface area (Å²) in [5.41, 5.74) is -3.16. The maximum absolute atomic E-state index is 13.1. The summed E-state index contributed by atoms with van der Waals surface area (Å²) in [7, 11) is 1.12. The van der Waals surface area contributed by atoms with E-state index >= 15 is 0 Å². The van der Waals surface area contributed by atoms with Crippen LogP contribution >= 0.6 is 0 Å². The number of rotatable bonds is 3. The molecule has 0 fully saturated rings. The number of anilines is 1. The van der Waals surface area contributed by atoms with E-state index in [0.29, 0.717) is 12.1 Å². The smallest absolute Gasteiger partial charge is 0.419 e. The van der Waals surface area contributed by atoms with Crippen molar-refractivity contribution in [3.63, 3.8) is 0 Å². The van der Waals surface area contributed by atoms with Gasteiger partial charge in [-0.25, -0.2) is 14.0 Å². The highest BCUT2D eigenvalue weighted by atomic mass is 19.4. The summed E-state index contributed by atoms with van der Waals surface area (Å²) in [6.45, 7) is 2.70. The van der Waals surface area contributed by atoms with Gasteiger partial charge in [-0.15, -0.1) is 0 Å². The fourth-order valence-corrected chi connectivity index (χ4v) is 1.57. The number of methoxy groups -OCH3 is 1. The Balaban J connectivity index is 2.88. The van der Waals surface area contributed by atoms with Crippen LogP contribution in [0.25, 0.3) is 0 Å². The number of amides is 2. The van der Waals surface area contributed by atoms with Crippen molar-refractivity contribution in [1.29, 1.82) is 0 Å². The molecular weight excluding hydrogens is 308 g/mol. The maximum atomic E-state index is 13.1. The zero-order chi connectivity index (χ0) is 17.1. The number of carbonyl (C=O) groups excluding carboxylic acids is 2. The van der Waals surface area contributed by atoms with E-state index in [4.69, 9.17) is 0 Å². The molecule has 0 bridgehead atoms. The molecule has 0 aliphatic heterocycles. The molecule has 0 aliphatic rings. The summed E-state index contributed by atoms with van der Waals surface area (Å²) in [5, 5.41) is 4.32. The van der Waals surface area contributed by atoms with E-state index in [-0.39, 0.29) is 5.69 Å². The van der Waals surface area contributed by atoms with Crippen molar-refractivity contribution < 1.29 is 31.9 Å². The Morgan fingerprint density at radius 2 is 1.77 bits per heavy atom. The topological polar surface area (TPSA) is 67.4 Å². The van der Waals surface area contributed by atoms with Gasteiger partial charge in [0.2, 0.25) is 0 Å². The Hall–Kier alpha value is -2.32. The number of benzene rings is 1. The highest BCUT2D eigenvalue weighted by molar-refractivity contribution is 5.94. The van der Waals surface area contributed by atoms with Crippen LogP contribution in [0.15, 0.2) is 18.2 Å². The van der Waals surface area contributed by atoms with Crippen LogP contribution in [0.2, 0.25) is 0 Å². The van der Waals surface area contributed by atoms with Crippen molar-refractivity contribution in [3.05, 3.63) is 29.6 Å². The molecule has 0 saturated heterocycles. The number of halogens is 4. The fourth-order valence-electron chi connectivity index (χ4n) is 1.57. The van der Waals surface area contributed by atoms with Gasteiger partial charge >= 0.3 is 18.2 Å². The lowest BCUT2D eigenvalue weighted by Gasteiger charge is -2.23. The average Bonchev–Trinajstić information content (AvgIpc) is 2.37. The molecule has 1 aromatic rings. The van der Waals surface area contributed by atoms with Crippen LogP contribution < -0.4 is 10.6 Å². The van der Waals surface area contributed by atoms with Crippen molar-refractivity contribution in [2.75, 3.05) is 12.4 Å². The van der Waals surface area contributed by atoms with Gasteiger partial charge in [-0.05, 0) is 32.0 Å². The molecule has 2 N–H and O–H groups in total. The minimum Gasteiger partial charge on any atom is -0.467 e. The molecule has 5 nitrogen and oxygen atoms in total. The molecule has 9 heteroatoms. The van der Waals surface area contributed by atoms with Crippen molar-refractivity contribution in [2.45, 2.75) is 25.6 Å². The lowest BCUT2D eigenvalue weighted by atomic mass is 10.1. The Bertz CT molecular complexity index is 585. The van der Waals surface area contributed by atoms with E-state index in [1.54, 1.807) is 0 Å². The molecule has 0 atom stereocenters. The van der Waals surface area contributed by atoms with Gasteiger partial charge in [0, 0.05) is 5.69 Å². The van der Waals surface area contributed by atoms with Gasteiger partial charge in [-0.1, -0.05) is 0 Å². The van der Waals surface area contributed by atoms with Gasteiger partial charge < -0.3 is 15.4 Å². The van der Waals surface area contributed by atoms with E-state index in [1.165, 1.54) is 13.8 Å². The highest BCUT2D eigenvalue weighted by Gasteiger charge is 2.35. The zero-order valence-electron chi connectivity index (χ0n) is 12.0. The van der Waals surface area contributed by atoms with Crippen LogP contribution in [-0.4, -0.2) is 24.6 Å². The minimum absolute atomic E-state index is 0.271. The summed E-state index contributed by atoms with van der Waals surface area (Å²) in [6.07, 6.45) is -4.89. The Labute approximate surface area is 123 Å². The molecule has 0 aromatic heterocycles. The fraction of sp³-hybridized carbons (Fsp3) is 0.385. The van der Waals surface area contributed by atoms with Gasteiger partial charge in [0.05, 0.1) is 12.7 Å². The minimum atomic E-state index is -4.89. The Morgan fingerprint density at radius 1 is 1.18 bits per heavy atom. The third-order valence-electron chi connectivity index (χ3n) is 2.65. The van der Waals surface area contributed by atoms with Gasteiger partial charge in [0.1, 0.15) is 11.4 Å². The van der Waals surface area contributed by atoms with Gasteiger partial charge in [0.15, 0.2) is 0 Å². The summed E-state index contributed by atoms with van der Waals surface area (Å²) >= 11 is 0. The van der Waals surface area contributed by atoms with E-state index < -0.39 is 35.1 Å². The molecule has 0 unspecified atom stereocenters. The van der Waals surface area contributed by atoms with Crippen molar-refractivity contribution in [1.82, 2.24) is 5.32 Å². The van der Waals surface area contributed by atoms with E-state index in [0.717, 1.165) is 13.2 Å². The van der Waals surface area contributed by atoms with Gasteiger partial charge in [-0.2, -0.15) is 13.2 Å². The summed E-state index contributed by atoms with van der Waals surface area (Å²) < 4.78 is 55.3. The van der Waals surface area contributed by atoms with E-state index in [1.807, 2.05) is 0 Å². The predicted molar refractivity (Wildman–Crippen MR) is 69.7 cm³/mol. The average molecular weight is 322 g/mol. The van der Waals surface area contributed by atoms with Crippen LogP contribution in [0.5, 0.6) is 0 Å². The van der Waals surface area contributed by atoms with Gasteiger partial charge in [0.25, 0.3) is 0 Å². The normalized spacial score (nSPS) is 11.8. The summed E-state index contributed by atoms with van der Waals surface area (Å²) in [5.74, 6) is -2.19. The lowest BCUT2D eigenvalue weighted by Crippen LogP contribution is -2.51. The second-order valence-electron chi connectivity index (χ2n) is 4.89. The first-order valence-electron chi connectivity index (χ1n) is 6.01.